The third kappa shape index (κ3) is 3.06. The first-order valence-corrected chi connectivity index (χ1v) is 6.45. The Morgan fingerprint density at radius 2 is 2.10 bits per heavy atom. The van der Waals surface area contributed by atoms with Gasteiger partial charge in [0.05, 0.1) is 17.6 Å². The van der Waals surface area contributed by atoms with Crippen LogP contribution in [0.3, 0.4) is 0 Å². The molecule has 0 bridgehead atoms. The SMILES string of the molecule is COC(=O)C=Cc1cc2sc(C(=O)O)cc2cc1[N+](=O)[O-]. The fourth-order valence-electron chi connectivity index (χ4n) is 1.71. The van der Waals surface area contributed by atoms with Gasteiger partial charge in [-0.1, -0.05) is 0 Å². The lowest BCUT2D eigenvalue weighted by molar-refractivity contribution is -0.384. The lowest BCUT2D eigenvalue weighted by Gasteiger charge is -1.98. The van der Waals surface area contributed by atoms with Crippen LogP contribution in [0.15, 0.2) is 24.3 Å². The molecule has 0 aliphatic heterocycles. The molecule has 2 aromatic rings. The third-order valence-corrected chi connectivity index (χ3v) is 3.76. The second-order valence-electron chi connectivity index (χ2n) is 3.98. The van der Waals surface area contributed by atoms with Gasteiger partial charge in [-0.3, -0.25) is 10.1 Å². The number of thiophene rings is 1. The minimum absolute atomic E-state index is 0.0911. The van der Waals surface area contributed by atoms with Crippen molar-refractivity contribution in [2.45, 2.75) is 0 Å². The van der Waals surface area contributed by atoms with E-state index in [2.05, 4.69) is 4.74 Å². The van der Waals surface area contributed by atoms with Crippen LogP contribution >= 0.6 is 11.3 Å². The Balaban J connectivity index is 2.59. The molecule has 2 rings (SSSR count). The molecule has 0 saturated carbocycles. The van der Waals surface area contributed by atoms with Gasteiger partial charge in [0.25, 0.3) is 5.69 Å². The predicted octanol–water partition coefficient (Wildman–Crippen LogP) is 2.69. The standard InChI is InChI=1S/C13H9NO6S/c1-20-12(15)3-2-7-5-10-8(4-9(7)14(18)19)6-11(21-10)13(16)17/h2-6H,1H3,(H,16,17). The molecule has 0 spiro atoms. The van der Waals surface area contributed by atoms with Crippen LogP contribution in [-0.4, -0.2) is 29.1 Å². The summed E-state index contributed by atoms with van der Waals surface area (Å²) in [7, 11) is 1.20. The van der Waals surface area contributed by atoms with Gasteiger partial charge in [-0.25, -0.2) is 9.59 Å². The Labute approximate surface area is 122 Å². The maximum atomic E-state index is 11.1. The molecular weight excluding hydrogens is 298 g/mol. The van der Waals surface area contributed by atoms with Crippen molar-refractivity contribution < 1.29 is 24.4 Å². The van der Waals surface area contributed by atoms with E-state index in [-0.39, 0.29) is 16.1 Å². The summed E-state index contributed by atoms with van der Waals surface area (Å²) in [4.78, 5) is 32.6. The quantitative estimate of drug-likeness (QED) is 0.403. The number of aromatic carboxylic acids is 1. The molecule has 0 fully saturated rings. The van der Waals surface area contributed by atoms with Gasteiger partial charge in [-0.2, -0.15) is 0 Å². The van der Waals surface area contributed by atoms with Gasteiger partial charge in [-0.05, 0) is 18.2 Å². The number of nitro groups is 1. The highest BCUT2D eigenvalue weighted by molar-refractivity contribution is 7.20. The van der Waals surface area contributed by atoms with Gasteiger partial charge in [0.1, 0.15) is 4.88 Å². The second-order valence-corrected chi connectivity index (χ2v) is 5.06. The Morgan fingerprint density at radius 3 is 2.67 bits per heavy atom. The number of nitro benzene ring substituents is 1. The molecule has 0 saturated heterocycles. The number of carbonyl (C=O) groups is 2. The average Bonchev–Trinajstić information content (AvgIpc) is 2.86. The number of esters is 1. The Bertz CT molecular complexity index is 776. The summed E-state index contributed by atoms with van der Waals surface area (Å²) in [5.74, 6) is -1.73. The van der Waals surface area contributed by atoms with E-state index in [9.17, 15) is 19.7 Å². The number of carbonyl (C=O) groups excluding carboxylic acids is 1. The van der Waals surface area contributed by atoms with Crippen LogP contribution in [0, 0.1) is 10.1 Å². The van der Waals surface area contributed by atoms with Crippen molar-refractivity contribution in [1.82, 2.24) is 0 Å². The Kier molecular flexibility index (Phi) is 3.99. The van der Waals surface area contributed by atoms with Crippen LogP contribution in [0.25, 0.3) is 16.2 Å². The molecule has 21 heavy (non-hydrogen) atoms. The third-order valence-electron chi connectivity index (χ3n) is 2.67. The molecule has 0 atom stereocenters. The number of benzene rings is 1. The monoisotopic (exact) mass is 307 g/mol. The van der Waals surface area contributed by atoms with Gasteiger partial charge in [0.15, 0.2) is 0 Å². The topological polar surface area (TPSA) is 107 Å². The maximum Gasteiger partial charge on any atom is 0.345 e. The van der Waals surface area contributed by atoms with Crippen molar-refractivity contribution in [3.63, 3.8) is 0 Å². The summed E-state index contributed by atoms with van der Waals surface area (Å²) in [5.41, 5.74) is -0.00548. The Hall–Kier alpha value is -2.74. The highest BCUT2D eigenvalue weighted by atomic mass is 32.1. The summed E-state index contributed by atoms with van der Waals surface area (Å²) in [5, 5.41) is 20.5. The van der Waals surface area contributed by atoms with Crippen molar-refractivity contribution in [2.24, 2.45) is 0 Å². The van der Waals surface area contributed by atoms with Crippen molar-refractivity contribution >= 4 is 45.1 Å². The number of fused-ring (bicyclic) bond motifs is 1. The van der Waals surface area contributed by atoms with Crippen LogP contribution in [0.1, 0.15) is 15.2 Å². The molecule has 8 heteroatoms. The van der Waals surface area contributed by atoms with Gasteiger partial charge in [-0.15, -0.1) is 11.3 Å². The maximum absolute atomic E-state index is 11.1. The fraction of sp³-hybridized carbons (Fsp3) is 0.0769. The summed E-state index contributed by atoms with van der Waals surface area (Å²) in [6.07, 6.45) is 2.34. The smallest absolute Gasteiger partial charge is 0.345 e. The molecule has 1 heterocycles. The summed E-state index contributed by atoms with van der Waals surface area (Å²) in [6.45, 7) is 0. The minimum atomic E-state index is -1.09. The molecule has 108 valence electrons. The van der Waals surface area contributed by atoms with E-state index in [1.165, 1.54) is 31.4 Å². The number of rotatable bonds is 4. The molecule has 7 nitrogen and oxygen atoms in total. The number of hydrogen-bond acceptors (Lipinski definition) is 6. The molecule has 0 radical (unpaired) electrons. The van der Waals surface area contributed by atoms with Gasteiger partial charge < -0.3 is 9.84 Å². The van der Waals surface area contributed by atoms with Crippen LogP contribution in [0.4, 0.5) is 5.69 Å². The van der Waals surface area contributed by atoms with Crippen LogP contribution in [0.5, 0.6) is 0 Å². The van der Waals surface area contributed by atoms with E-state index in [4.69, 9.17) is 5.11 Å². The number of carboxylic acids is 1. The van der Waals surface area contributed by atoms with Crippen molar-refractivity contribution in [1.29, 1.82) is 0 Å². The van der Waals surface area contributed by atoms with E-state index in [1.54, 1.807) is 0 Å². The van der Waals surface area contributed by atoms with Gasteiger partial charge in [0, 0.05) is 22.2 Å². The highest BCUT2D eigenvalue weighted by Crippen LogP contribution is 2.32. The summed E-state index contributed by atoms with van der Waals surface area (Å²) >= 11 is 1.01. The number of nitrogens with zero attached hydrogens (tertiary/aromatic N) is 1. The van der Waals surface area contributed by atoms with Crippen LogP contribution in [-0.2, 0) is 9.53 Å². The number of carboxylic acid groups (broad SMARTS) is 1. The van der Waals surface area contributed by atoms with Gasteiger partial charge in [0.2, 0.25) is 0 Å². The first-order chi connectivity index (χ1) is 9.92. The molecule has 1 aromatic carbocycles. The first kappa shape index (κ1) is 14.7. The van der Waals surface area contributed by atoms with E-state index < -0.39 is 16.9 Å². The normalized spacial score (nSPS) is 10.9. The first-order valence-electron chi connectivity index (χ1n) is 5.63. The van der Waals surface area contributed by atoms with Crippen LogP contribution in [0.2, 0.25) is 0 Å². The largest absolute Gasteiger partial charge is 0.477 e. The lowest BCUT2D eigenvalue weighted by atomic mass is 10.1. The highest BCUT2D eigenvalue weighted by Gasteiger charge is 2.17. The number of methoxy groups -OCH3 is 1. The summed E-state index contributed by atoms with van der Waals surface area (Å²) < 4.78 is 5.01. The Morgan fingerprint density at radius 1 is 1.38 bits per heavy atom. The predicted molar refractivity (Wildman–Crippen MR) is 76.5 cm³/mol. The van der Waals surface area contributed by atoms with E-state index >= 15 is 0 Å². The molecule has 0 aliphatic rings. The molecular formula is C13H9NO6S. The van der Waals surface area contributed by atoms with Crippen molar-refractivity contribution in [2.75, 3.05) is 7.11 Å². The molecule has 0 unspecified atom stereocenters. The van der Waals surface area contributed by atoms with Crippen molar-refractivity contribution in [3.05, 3.63) is 44.8 Å². The minimum Gasteiger partial charge on any atom is -0.477 e. The average molecular weight is 307 g/mol. The zero-order valence-electron chi connectivity index (χ0n) is 10.7. The van der Waals surface area contributed by atoms with Crippen LogP contribution < -0.4 is 0 Å². The molecule has 0 aliphatic carbocycles. The molecule has 0 amide bonds. The van der Waals surface area contributed by atoms with Crippen molar-refractivity contribution in [3.8, 4) is 0 Å². The molecule has 1 aromatic heterocycles. The number of hydrogen-bond donors (Lipinski definition) is 1. The summed E-state index contributed by atoms with van der Waals surface area (Å²) in [6, 6.07) is 4.14. The lowest BCUT2D eigenvalue weighted by Crippen LogP contribution is -1.95. The number of ether oxygens (including phenoxy) is 1. The van der Waals surface area contributed by atoms with E-state index in [0.29, 0.717) is 10.1 Å². The van der Waals surface area contributed by atoms with E-state index in [1.807, 2.05) is 0 Å². The zero-order chi connectivity index (χ0) is 15.6. The zero-order valence-corrected chi connectivity index (χ0v) is 11.5. The molecule has 1 N–H and O–H groups in total. The van der Waals surface area contributed by atoms with Gasteiger partial charge >= 0.3 is 11.9 Å². The second kappa shape index (κ2) is 5.71. The fourth-order valence-corrected chi connectivity index (χ4v) is 2.65. The van der Waals surface area contributed by atoms with E-state index in [0.717, 1.165) is 17.4 Å².